The van der Waals surface area contributed by atoms with Gasteiger partial charge in [0.15, 0.2) is 5.84 Å². The van der Waals surface area contributed by atoms with Gasteiger partial charge in [-0.3, -0.25) is 9.88 Å². The predicted molar refractivity (Wildman–Crippen MR) is 82.8 cm³/mol. The van der Waals surface area contributed by atoms with Gasteiger partial charge in [0.05, 0.1) is 0 Å². The normalized spacial score (nSPS) is 27.5. The van der Waals surface area contributed by atoms with Crippen LogP contribution in [0.2, 0.25) is 0 Å². The van der Waals surface area contributed by atoms with Gasteiger partial charge >= 0.3 is 0 Å². The average Bonchev–Trinajstić information content (AvgIpc) is 2.53. The van der Waals surface area contributed by atoms with Crippen LogP contribution in [0.25, 0.3) is 0 Å². The maximum Gasteiger partial charge on any atom is 0.188 e. The third-order valence-electron chi connectivity index (χ3n) is 4.63. The number of nitrogens with two attached hydrogens (primary N) is 1. The second-order valence-corrected chi connectivity index (χ2v) is 6.03. The van der Waals surface area contributed by atoms with E-state index in [1.54, 1.807) is 6.20 Å². The quantitative estimate of drug-likeness (QED) is 0.371. The number of fused-ring (bicyclic) bond motifs is 1. The Kier molecular flexibility index (Phi) is 3.96. The molecule has 1 aromatic rings. The molecule has 0 aliphatic carbocycles. The summed E-state index contributed by atoms with van der Waals surface area (Å²) in [5, 5.41) is 11.8. The lowest BCUT2D eigenvalue weighted by molar-refractivity contribution is 0.115. The van der Waals surface area contributed by atoms with Crippen molar-refractivity contribution in [3.8, 4) is 0 Å². The minimum absolute atomic E-state index is 0.0563. The molecule has 0 aromatic carbocycles. The summed E-state index contributed by atoms with van der Waals surface area (Å²) in [4.78, 5) is 9.20. The van der Waals surface area contributed by atoms with Crippen LogP contribution >= 0.6 is 0 Å². The number of pyridine rings is 1. The molecule has 0 radical (unpaired) electrons. The SMILES string of the molecule is CC1CN2CCCCC2CN1c1ccnc(/C(N)=N/O)c1. The van der Waals surface area contributed by atoms with Crippen LogP contribution < -0.4 is 10.6 Å². The lowest BCUT2D eigenvalue weighted by Gasteiger charge is -2.48. The number of nitrogens with zero attached hydrogens (tertiary/aromatic N) is 4. The maximum atomic E-state index is 8.80. The van der Waals surface area contributed by atoms with E-state index in [1.165, 1.54) is 25.8 Å². The molecule has 114 valence electrons. The zero-order chi connectivity index (χ0) is 14.8. The lowest BCUT2D eigenvalue weighted by atomic mass is 9.96. The number of amidine groups is 1. The van der Waals surface area contributed by atoms with Crippen LogP contribution in [0.1, 0.15) is 31.9 Å². The number of aromatic nitrogens is 1. The summed E-state index contributed by atoms with van der Waals surface area (Å²) in [6.45, 7) is 5.63. The van der Waals surface area contributed by atoms with Gasteiger partial charge in [-0.05, 0) is 38.4 Å². The standard InChI is InChI=1S/C15H23N5O/c1-11-9-19-7-3-2-4-13(19)10-20(11)12-5-6-17-14(8-12)15(16)18-21/h5-6,8,11,13,21H,2-4,7,9-10H2,1H3,(H2,16,18). The Bertz CT molecular complexity index is 533. The molecule has 2 unspecified atom stereocenters. The molecule has 2 aliphatic rings. The van der Waals surface area contributed by atoms with E-state index in [0.29, 0.717) is 17.8 Å². The first-order valence-electron chi connectivity index (χ1n) is 7.63. The smallest absolute Gasteiger partial charge is 0.188 e. The molecule has 1 aromatic heterocycles. The summed E-state index contributed by atoms with van der Waals surface area (Å²) in [6.07, 6.45) is 5.66. The van der Waals surface area contributed by atoms with Gasteiger partial charge in [0, 0.05) is 37.1 Å². The monoisotopic (exact) mass is 289 g/mol. The molecule has 2 atom stereocenters. The molecule has 3 N–H and O–H groups in total. The fraction of sp³-hybridized carbons (Fsp3) is 0.600. The summed E-state index contributed by atoms with van der Waals surface area (Å²) in [5.41, 5.74) is 7.27. The van der Waals surface area contributed by atoms with Crippen molar-refractivity contribution >= 4 is 11.5 Å². The Morgan fingerprint density at radius 1 is 1.43 bits per heavy atom. The van der Waals surface area contributed by atoms with Gasteiger partial charge in [0.1, 0.15) is 5.69 Å². The second kappa shape index (κ2) is 5.89. The highest BCUT2D eigenvalue weighted by molar-refractivity contribution is 5.95. The summed E-state index contributed by atoms with van der Waals surface area (Å²) in [6, 6.07) is 5.02. The van der Waals surface area contributed by atoms with Crippen LogP contribution in [0.3, 0.4) is 0 Å². The number of piperazine rings is 1. The van der Waals surface area contributed by atoms with Crippen molar-refractivity contribution in [3.63, 3.8) is 0 Å². The van der Waals surface area contributed by atoms with Gasteiger partial charge in [-0.15, -0.1) is 0 Å². The number of anilines is 1. The molecule has 0 saturated carbocycles. The number of rotatable bonds is 2. The van der Waals surface area contributed by atoms with Crippen molar-refractivity contribution in [3.05, 3.63) is 24.0 Å². The van der Waals surface area contributed by atoms with E-state index in [1.807, 2.05) is 12.1 Å². The first-order valence-corrected chi connectivity index (χ1v) is 7.63. The molecule has 6 nitrogen and oxygen atoms in total. The highest BCUT2D eigenvalue weighted by atomic mass is 16.4. The van der Waals surface area contributed by atoms with Crippen LogP contribution in [0, 0.1) is 0 Å². The lowest BCUT2D eigenvalue weighted by Crippen LogP contribution is -2.58. The molecule has 21 heavy (non-hydrogen) atoms. The van der Waals surface area contributed by atoms with Crippen molar-refractivity contribution in [1.29, 1.82) is 0 Å². The van der Waals surface area contributed by atoms with Crippen LogP contribution in [-0.4, -0.2) is 52.6 Å². The first kappa shape index (κ1) is 14.1. The Balaban J connectivity index is 1.82. The first-order chi connectivity index (χ1) is 10.2. The number of hydrogen-bond donors (Lipinski definition) is 2. The van der Waals surface area contributed by atoms with Crippen LogP contribution in [0.5, 0.6) is 0 Å². The van der Waals surface area contributed by atoms with Crippen molar-refractivity contribution in [2.24, 2.45) is 10.9 Å². The fourth-order valence-electron chi connectivity index (χ4n) is 3.50. The molecule has 6 heteroatoms. The summed E-state index contributed by atoms with van der Waals surface area (Å²) < 4.78 is 0. The third-order valence-corrected chi connectivity index (χ3v) is 4.63. The van der Waals surface area contributed by atoms with E-state index in [9.17, 15) is 0 Å². The van der Waals surface area contributed by atoms with E-state index >= 15 is 0 Å². The summed E-state index contributed by atoms with van der Waals surface area (Å²) in [7, 11) is 0. The molecule has 0 amide bonds. The minimum Gasteiger partial charge on any atom is -0.409 e. The van der Waals surface area contributed by atoms with E-state index in [2.05, 4.69) is 26.9 Å². The highest BCUT2D eigenvalue weighted by Gasteiger charge is 2.33. The molecule has 2 fully saturated rings. The molecule has 3 rings (SSSR count). The minimum atomic E-state index is 0.0563. The Hall–Kier alpha value is -1.82. The van der Waals surface area contributed by atoms with Crippen molar-refractivity contribution in [1.82, 2.24) is 9.88 Å². The van der Waals surface area contributed by atoms with Crippen molar-refractivity contribution < 1.29 is 5.21 Å². The van der Waals surface area contributed by atoms with E-state index < -0.39 is 0 Å². The van der Waals surface area contributed by atoms with E-state index in [-0.39, 0.29) is 5.84 Å². The molecule has 2 saturated heterocycles. The zero-order valence-electron chi connectivity index (χ0n) is 12.4. The molecule has 0 spiro atoms. The van der Waals surface area contributed by atoms with Crippen LogP contribution in [0.4, 0.5) is 5.69 Å². The third kappa shape index (κ3) is 2.81. The van der Waals surface area contributed by atoms with Crippen molar-refractivity contribution in [2.75, 3.05) is 24.5 Å². The maximum absolute atomic E-state index is 8.80. The molecular weight excluding hydrogens is 266 g/mol. The van der Waals surface area contributed by atoms with Gasteiger partial charge < -0.3 is 15.8 Å². The largest absolute Gasteiger partial charge is 0.409 e. The Morgan fingerprint density at radius 2 is 2.29 bits per heavy atom. The summed E-state index contributed by atoms with van der Waals surface area (Å²) in [5.74, 6) is 0.0563. The van der Waals surface area contributed by atoms with Gasteiger partial charge in [0.25, 0.3) is 0 Å². The van der Waals surface area contributed by atoms with Crippen molar-refractivity contribution in [2.45, 2.75) is 38.3 Å². The second-order valence-electron chi connectivity index (χ2n) is 6.03. The topological polar surface area (TPSA) is 78.0 Å². The fourth-order valence-corrected chi connectivity index (χ4v) is 3.50. The highest BCUT2D eigenvalue weighted by Crippen LogP contribution is 2.28. The Morgan fingerprint density at radius 3 is 3.10 bits per heavy atom. The van der Waals surface area contributed by atoms with Crippen LogP contribution in [0.15, 0.2) is 23.5 Å². The predicted octanol–water partition coefficient (Wildman–Crippen LogP) is 1.24. The van der Waals surface area contributed by atoms with Gasteiger partial charge in [-0.1, -0.05) is 11.6 Å². The van der Waals surface area contributed by atoms with E-state index in [0.717, 1.165) is 18.8 Å². The van der Waals surface area contributed by atoms with Gasteiger partial charge in [-0.25, -0.2) is 0 Å². The number of hydrogen-bond acceptors (Lipinski definition) is 5. The summed E-state index contributed by atoms with van der Waals surface area (Å²) >= 11 is 0. The Labute approximate surface area is 125 Å². The van der Waals surface area contributed by atoms with Crippen LogP contribution in [-0.2, 0) is 0 Å². The molecular formula is C15H23N5O. The zero-order valence-corrected chi connectivity index (χ0v) is 12.4. The molecule has 3 heterocycles. The molecule has 0 bridgehead atoms. The molecule has 2 aliphatic heterocycles. The average molecular weight is 289 g/mol. The van der Waals surface area contributed by atoms with Gasteiger partial charge in [0.2, 0.25) is 0 Å². The van der Waals surface area contributed by atoms with Gasteiger partial charge in [-0.2, -0.15) is 0 Å². The number of piperidine rings is 1. The van der Waals surface area contributed by atoms with E-state index in [4.69, 9.17) is 10.9 Å². The number of oxime groups is 1.